The standard InChI is InChI=1S/C23H31NO3/c1-17-7-9-19(10-8-17)23(18-5-3-2-4-6-18)27-16-22(26)15-24-20-11-13-21(25)14-12-20/h2-10,20-26H,11-16H2,1H3. The van der Waals surface area contributed by atoms with Crippen molar-refractivity contribution in [3.8, 4) is 0 Å². The molecule has 0 spiro atoms. The van der Waals surface area contributed by atoms with E-state index in [0.29, 0.717) is 12.6 Å². The van der Waals surface area contributed by atoms with Gasteiger partial charge in [-0.2, -0.15) is 0 Å². The summed E-state index contributed by atoms with van der Waals surface area (Å²) in [5, 5.41) is 23.4. The monoisotopic (exact) mass is 369 g/mol. The van der Waals surface area contributed by atoms with E-state index < -0.39 is 6.10 Å². The van der Waals surface area contributed by atoms with Gasteiger partial charge >= 0.3 is 0 Å². The zero-order chi connectivity index (χ0) is 19.1. The molecule has 2 unspecified atom stereocenters. The van der Waals surface area contributed by atoms with Gasteiger partial charge in [0.2, 0.25) is 0 Å². The highest BCUT2D eigenvalue weighted by atomic mass is 16.5. The lowest BCUT2D eigenvalue weighted by molar-refractivity contribution is 0.00448. The van der Waals surface area contributed by atoms with E-state index in [1.54, 1.807) is 0 Å². The van der Waals surface area contributed by atoms with Gasteiger partial charge in [0.15, 0.2) is 0 Å². The summed E-state index contributed by atoms with van der Waals surface area (Å²) in [4.78, 5) is 0. The Labute approximate surface area is 162 Å². The fourth-order valence-corrected chi connectivity index (χ4v) is 3.60. The minimum absolute atomic E-state index is 0.155. The first kappa shape index (κ1) is 20.0. The van der Waals surface area contributed by atoms with Crippen LogP contribution in [-0.4, -0.2) is 41.6 Å². The molecule has 0 saturated heterocycles. The van der Waals surface area contributed by atoms with Crippen molar-refractivity contribution in [2.75, 3.05) is 13.2 Å². The molecule has 2 aromatic carbocycles. The maximum absolute atomic E-state index is 10.4. The lowest BCUT2D eigenvalue weighted by atomic mass is 9.93. The molecular formula is C23H31NO3. The summed E-state index contributed by atoms with van der Waals surface area (Å²) in [5.74, 6) is 0. The minimum Gasteiger partial charge on any atom is -0.393 e. The van der Waals surface area contributed by atoms with Crippen LogP contribution < -0.4 is 5.32 Å². The number of hydrogen-bond acceptors (Lipinski definition) is 4. The molecule has 2 atom stereocenters. The smallest absolute Gasteiger partial charge is 0.108 e. The van der Waals surface area contributed by atoms with Gasteiger partial charge in [-0.25, -0.2) is 0 Å². The average Bonchev–Trinajstić information content (AvgIpc) is 2.70. The van der Waals surface area contributed by atoms with Crippen LogP contribution in [-0.2, 0) is 4.74 Å². The van der Waals surface area contributed by atoms with E-state index in [-0.39, 0.29) is 18.8 Å². The number of aliphatic hydroxyl groups is 2. The lowest BCUT2D eigenvalue weighted by Gasteiger charge is -2.27. The Hall–Kier alpha value is -1.72. The molecule has 3 N–H and O–H groups in total. The molecule has 4 heteroatoms. The molecule has 3 rings (SSSR count). The Morgan fingerprint density at radius 2 is 1.59 bits per heavy atom. The number of ether oxygens (including phenoxy) is 1. The summed E-state index contributed by atoms with van der Waals surface area (Å²) in [7, 11) is 0. The fraction of sp³-hybridized carbons (Fsp3) is 0.478. The molecule has 0 radical (unpaired) electrons. The number of aliphatic hydroxyl groups excluding tert-OH is 2. The highest BCUT2D eigenvalue weighted by molar-refractivity contribution is 5.31. The third-order valence-electron chi connectivity index (χ3n) is 5.28. The van der Waals surface area contributed by atoms with E-state index in [1.807, 2.05) is 18.2 Å². The van der Waals surface area contributed by atoms with Crippen LogP contribution in [0.3, 0.4) is 0 Å². The van der Waals surface area contributed by atoms with Crippen molar-refractivity contribution in [3.63, 3.8) is 0 Å². The van der Waals surface area contributed by atoms with Gasteiger partial charge in [0.1, 0.15) is 6.10 Å². The van der Waals surface area contributed by atoms with Crippen LogP contribution in [0.1, 0.15) is 48.5 Å². The van der Waals surface area contributed by atoms with E-state index in [9.17, 15) is 10.2 Å². The molecule has 0 bridgehead atoms. The third-order valence-corrected chi connectivity index (χ3v) is 5.28. The van der Waals surface area contributed by atoms with E-state index >= 15 is 0 Å². The normalized spacial score (nSPS) is 22.3. The van der Waals surface area contributed by atoms with Crippen molar-refractivity contribution in [1.29, 1.82) is 0 Å². The summed E-state index contributed by atoms with van der Waals surface area (Å²) in [6.45, 7) is 2.85. The topological polar surface area (TPSA) is 61.7 Å². The largest absolute Gasteiger partial charge is 0.393 e. The van der Waals surface area contributed by atoms with Gasteiger partial charge in [0.05, 0.1) is 18.8 Å². The highest BCUT2D eigenvalue weighted by Crippen LogP contribution is 2.26. The van der Waals surface area contributed by atoms with Crippen LogP contribution in [0.25, 0.3) is 0 Å². The van der Waals surface area contributed by atoms with E-state index in [4.69, 9.17) is 4.74 Å². The molecule has 1 aliphatic rings. The lowest BCUT2D eigenvalue weighted by Crippen LogP contribution is -2.40. The Balaban J connectivity index is 1.55. The maximum atomic E-state index is 10.4. The number of benzene rings is 2. The summed E-state index contributed by atoms with van der Waals surface area (Å²) in [6.07, 6.45) is 2.70. The Morgan fingerprint density at radius 3 is 2.26 bits per heavy atom. The Kier molecular flexibility index (Phi) is 7.41. The molecule has 0 aliphatic heterocycles. The van der Waals surface area contributed by atoms with Crippen molar-refractivity contribution in [2.24, 2.45) is 0 Å². The molecule has 146 valence electrons. The molecule has 2 aromatic rings. The van der Waals surface area contributed by atoms with E-state index in [1.165, 1.54) is 5.56 Å². The quantitative estimate of drug-likeness (QED) is 0.668. The van der Waals surface area contributed by atoms with E-state index in [0.717, 1.165) is 36.8 Å². The SMILES string of the molecule is Cc1ccc(C(OCC(O)CNC2CCC(O)CC2)c2ccccc2)cc1. The van der Waals surface area contributed by atoms with Crippen LogP contribution in [0, 0.1) is 6.92 Å². The number of rotatable bonds is 8. The number of aryl methyl sites for hydroxylation is 1. The third kappa shape index (κ3) is 6.15. The Morgan fingerprint density at radius 1 is 0.963 bits per heavy atom. The second kappa shape index (κ2) is 10.00. The van der Waals surface area contributed by atoms with Gasteiger partial charge in [-0.3, -0.25) is 0 Å². The maximum Gasteiger partial charge on any atom is 0.108 e. The second-order valence-corrected chi connectivity index (χ2v) is 7.60. The van der Waals surface area contributed by atoms with Crippen molar-refractivity contribution >= 4 is 0 Å². The van der Waals surface area contributed by atoms with Crippen LogP contribution in [0.15, 0.2) is 54.6 Å². The van der Waals surface area contributed by atoms with Gasteiger partial charge < -0.3 is 20.3 Å². The van der Waals surface area contributed by atoms with E-state index in [2.05, 4.69) is 48.6 Å². The van der Waals surface area contributed by atoms with Crippen molar-refractivity contribution < 1.29 is 14.9 Å². The zero-order valence-corrected chi connectivity index (χ0v) is 16.1. The van der Waals surface area contributed by atoms with Gasteiger partial charge in [0.25, 0.3) is 0 Å². The predicted molar refractivity (Wildman–Crippen MR) is 108 cm³/mol. The van der Waals surface area contributed by atoms with Gasteiger partial charge in [-0.15, -0.1) is 0 Å². The van der Waals surface area contributed by atoms with Crippen molar-refractivity contribution in [3.05, 3.63) is 71.3 Å². The fourth-order valence-electron chi connectivity index (χ4n) is 3.60. The van der Waals surface area contributed by atoms with Crippen molar-refractivity contribution in [2.45, 2.75) is 57.0 Å². The van der Waals surface area contributed by atoms with Crippen LogP contribution in [0.5, 0.6) is 0 Å². The van der Waals surface area contributed by atoms with Crippen LogP contribution >= 0.6 is 0 Å². The summed E-state index contributed by atoms with van der Waals surface area (Å²) in [6, 6.07) is 18.9. The first-order valence-electron chi connectivity index (χ1n) is 9.94. The predicted octanol–water partition coefficient (Wildman–Crippen LogP) is 3.36. The molecule has 1 fully saturated rings. The summed E-state index contributed by atoms with van der Waals surface area (Å²) >= 11 is 0. The van der Waals surface area contributed by atoms with Gasteiger partial charge in [-0.1, -0.05) is 60.2 Å². The molecule has 4 nitrogen and oxygen atoms in total. The average molecular weight is 370 g/mol. The zero-order valence-electron chi connectivity index (χ0n) is 16.1. The Bertz CT molecular complexity index is 666. The van der Waals surface area contributed by atoms with Gasteiger partial charge in [-0.05, 0) is 43.7 Å². The second-order valence-electron chi connectivity index (χ2n) is 7.60. The first-order valence-corrected chi connectivity index (χ1v) is 9.94. The molecule has 0 amide bonds. The summed E-state index contributed by atoms with van der Waals surface area (Å²) < 4.78 is 6.14. The van der Waals surface area contributed by atoms with Crippen molar-refractivity contribution in [1.82, 2.24) is 5.32 Å². The van der Waals surface area contributed by atoms with Crippen LogP contribution in [0.2, 0.25) is 0 Å². The number of nitrogens with one attached hydrogen (secondary N) is 1. The minimum atomic E-state index is -0.562. The molecule has 0 heterocycles. The molecule has 1 aliphatic carbocycles. The number of hydrogen-bond donors (Lipinski definition) is 3. The molecule has 0 aromatic heterocycles. The first-order chi connectivity index (χ1) is 13.1. The summed E-state index contributed by atoms with van der Waals surface area (Å²) in [5.41, 5.74) is 3.39. The molecule has 27 heavy (non-hydrogen) atoms. The molecule has 1 saturated carbocycles. The van der Waals surface area contributed by atoms with Crippen LogP contribution in [0.4, 0.5) is 0 Å². The van der Waals surface area contributed by atoms with Gasteiger partial charge in [0, 0.05) is 12.6 Å². The highest BCUT2D eigenvalue weighted by Gasteiger charge is 2.21. The molecular weight excluding hydrogens is 338 g/mol.